The van der Waals surface area contributed by atoms with Gasteiger partial charge in [0.25, 0.3) is 0 Å². The Bertz CT molecular complexity index is 816. The van der Waals surface area contributed by atoms with Crippen LogP contribution in [0.1, 0.15) is 12.5 Å². The number of ether oxygens (including phenoxy) is 1. The number of nitrogens with zero attached hydrogens (tertiary/aromatic N) is 2. The Hall–Kier alpha value is -2.88. The standard InChI is InChI=1S/C18H16N2O2/c1-2-22-18(21)11-8-14-6-9-15(10-7-14)17-5-3-4-16-12-19-13-20(16)17/h3-13H,2H2,1H3. The third-order valence-electron chi connectivity index (χ3n) is 3.35. The third kappa shape index (κ3) is 2.91. The molecule has 2 heterocycles. The van der Waals surface area contributed by atoms with Crippen LogP contribution in [0.15, 0.2) is 61.1 Å². The number of carbonyl (C=O) groups excluding carboxylic acids is 1. The highest BCUT2D eigenvalue weighted by Gasteiger charge is 2.03. The average Bonchev–Trinajstić information content (AvgIpc) is 3.02. The monoisotopic (exact) mass is 292 g/mol. The molecule has 1 aromatic carbocycles. The summed E-state index contributed by atoms with van der Waals surface area (Å²) in [6, 6.07) is 14.1. The van der Waals surface area contributed by atoms with Crippen molar-refractivity contribution >= 4 is 17.6 Å². The molecule has 3 rings (SSSR count). The number of imidazole rings is 1. The van der Waals surface area contributed by atoms with E-state index in [-0.39, 0.29) is 5.97 Å². The first-order valence-electron chi connectivity index (χ1n) is 7.14. The zero-order valence-electron chi connectivity index (χ0n) is 12.3. The second-order valence-electron chi connectivity index (χ2n) is 4.81. The fourth-order valence-electron chi connectivity index (χ4n) is 2.30. The van der Waals surface area contributed by atoms with Crippen LogP contribution in [0, 0.1) is 0 Å². The van der Waals surface area contributed by atoms with Crippen LogP contribution in [0.25, 0.3) is 22.9 Å². The van der Waals surface area contributed by atoms with Crippen LogP contribution in [0.3, 0.4) is 0 Å². The average molecular weight is 292 g/mol. The minimum atomic E-state index is -0.324. The highest BCUT2D eigenvalue weighted by molar-refractivity contribution is 5.87. The summed E-state index contributed by atoms with van der Waals surface area (Å²) in [7, 11) is 0. The van der Waals surface area contributed by atoms with Crippen LogP contribution < -0.4 is 0 Å². The van der Waals surface area contributed by atoms with Crippen molar-refractivity contribution in [3.63, 3.8) is 0 Å². The maximum absolute atomic E-state index is 11.3. The first-order chi connectivity index (χ1) is 10.8. The fourth-order valence-corrected chi connectivity index (χ4v) is 2.30. The summed E-state index contributed by atoms with van der Waals surface area (Å²) < 4.78 is 6.91. The molecule has 0 spiro atoms. The van der Waals surface area contributed by atoms with Gasteiger partial charge >= 0.3 is 5.97 Å². The summed E-state index contributed by atoms with van der Waals surface area (Å²) in [6.07, 6.45) is 6.83. The summed E-state index contributed by atoms with van der Waals surface area (Å²) in [6.45, 7) is 2.17. The minimum absolute atomic E-state index is 0.324. The van der Waals surface area contributed by atoms with Crippen molar-refractivity contribution in [2.75, 3.05) is 6.61 Å². The summed E-state index contributed by atoms with van der Waals surface area (Å²) in [5.41, 5.74) is 4.19. The molecule has 22 heavy (non-hydrogen) atoms. The van der Waals surface area contributed by atoms with Gasteiger partial charge in [-0.05, 0) is 36.3 Å². The van der Waals surface area contributed by atoms with E-state index in [2.05, 4.69) is 11.1 Å². The normalized spacial score (nSPS) is 11.1. The predicted molar refractivity (Wildman–Crippen MR) is 86.3 cm³/mol. The van der Waals surface area contributed by atoms with Crippen molar-refractivity contribution in [2.24, 2.45) is 0 Å². The molecule has 4 heteroatoms. The van der Waals surface area contributed by atoms with E-state index in [1.54, 1.807) is 19.3 Å². The first-order valence-corrected chi connectivity index (χ1v) is 7.14. The Balaban J connectivity index is 1.85. The lowest BCUT2D eigenvalue weighted by Crippen LogP contribution is -1.98. The Labute approximate surface area is 128 Å². The van der Waals surface area contributed by atoms with Crippen molar-refractivity contribution in [1.82, 2.24) is 9.38 Å². The second-order valence-corrected chi connectivity index (χ2v) is 4.81. The van der Waals surface area contributed by atoms with E-state index in [4.69, 9.17) is 4.74 Å². The van der Waals surface area contributed by atoms with Gasteiger partial charge in [0.1, 0.15) is 0 Å². The number of hydrogen-bond donors (Lipinski definition) is 0. The zero-order chi connectivity index (χ0) is 15.4. The maximum Gasteiger partial charge on any atom is 0.330 e. The van der Waals surface area contributed by atoms with Crippen LogP contribution in [-0.2, 0) is 9.53 Å². The number of esters is 1. The van der Waals surface area contributed by atoms with Crippen molar-refractivity contribution in [2.45, 2.75) is 6.92 Å². The molecular weight excluding hydrogens is 276 g/mol. The summed E-state index contributed by atoms with van der Waals surface area (Å²) in [4.78, 5) is 15.5. The molecule has 0 N–H and O–H groups in total. The lowest BCUT2D eigenvalue weighted by Gasteiger charge is -2.06. The molecule has 0 unspecified atom stereocenters. The number of hydrogen-bond acceptors (Lipinski definition) is 3. The quantitative estimate of drug-likeness (QED) is 0.545. The van der Waals surface area contributed by atoms with Crippen LogP contribution in [-0.4, -0.2) is 22.0 Å². The SMILES string of the molecule is CCOC(=O)C=Cc1ccc(-c2cccc3cncn23)cc1. The lowest BCUT2D eigenvalue weighted by molar-refractivity contribution is -0.137. The zero-order valence-corrected chi connectivity index (χ0v) is 12.3. The highest BCUT2D eigenvalue weighted by Crippen LogP contribution is 2.21. The number of aromatic nitrogens is 2. The largest absolute Gasteiger partial charge is 0.463 e. The molecule has 0 saturated carbocycles. The van der Waals surface area contributed by atoms with Crippen LogP contribution in [0.4, 0.5) is 0 Å². The van der Waals surface area contributed by atoms with Gasteiger partial charge in [0.05, 0.1) is 30.3 Å². The van der Waals surface area contributed by atoms with E-state index >= 15 is 0 Å². The molecule has 2 aromatic heterocycles. The summed E-state index contributed by atoms with van der Waals surface area (Å²) in [5, 5.41) is 0. The number of pyridine rings is 1. The third-order valence-corrected chi connectivity index (χ3v) is 3.35. The van der Waals surface area contributed by atoms with E-state index in [0.717, 1.165) is 22.3 Å². The van der Waals surface area contributed by atoms with Crippen molar-refractivity contribution in [1.29, 1.82) is 0 Å². The topological polar surface area (TPSA) is 43.6 Å². The summed E-state index contributed by atoms with van der Waals surface area (Å²) in [5.74, 6) is -0.324. The van der Waals surface area contributed by atoms with Gasteiger partial charge in [-0.15, -0.1) is 0 Å². The van der Waals surface area contributed by atoms with E-state index in [9.17, 15) is 4.79 Å². The van der Waals surface area contributed by atoms with Gasteiger partial charge in [0.15, 0.2) is 0 Å². The number of carbonyl (C=O) groups is 1. The van der Waals surface area contributed by atoms with Crippen LogP contribution in [0.2, 0.25) is 0 Å². The van der Waals surface area contributed by atoms with Gasteiger partial charge in [0, 0.05) is 6.08 Å². The van der Waals surface area contributed by atoms with E-state index < -0.39 is 0 Å². The van der Waals surface area contributed by atoms with Gasteiger partial charge in [-0.25, -0.2) is 9.78 Å². The second kappa shape index (κ2) is 6.26. The van der Waals surface area contributed by atoms with Gasteiger partial charge in [-0.3, -0.25) is 4.40 Å². The van der Waals surface area contributed by atoms with Crippen LogP contribution in [0.5, 0.6) is 0 Å². The molecule has 0 bridgehead atoms. The number of fused-ring (bicyclic) bond motifs is 1. The van der Waals surface area contributed by atoms with Gasteiger partial charge in [-0.1, -0.05) is 30.3 Å². The highest BCUT2D eigenvalue weighted by atomic mass is 16.5. The molecular formula is C18H16N2O2. The molecule has 0 atom stereocenters. The van der Waals surface area contributed by atoms with Gasteiger partial charge in [0.2, 0.25) is 0 Å². The van der Waals surface area contributed by atoms with Crippen molar-refractivity contribution in [3.05, 3.63) is 66.6 Å². The number of benzene rings is 1. The molecule has 3 aromatic rings. The van der Waals surface area contributed by atoms with E-state index in [1.165, 1.54) is 6.08 Å². The number of rotatable bonds is 4. The predicted octanol–water partition coefficient (Wildman–Crippen LogP) is 3.58. The van der Waals surface area contributed by atoms with E-state index in [0.29, 0.717) is 6.61 Å². The minimum Gasteiger partial charge on any atom is -0.463 e. The lowest BCUT2D eigenvalue weighted by atomic mass is 10.1. The Morgan fingerprint density at radius 1 is 1.23 bits per heavy atom. The molecule has 0 aliphatic carbocycles. The summed E-state index contributed by atoms with van der Waals surface area (Å²) >= 11 is 0. The van der Waals surface area contributed by atoms with Crippen molar-refractivity contribution < 1.29 is 9.53 Å². The Kier molecular flexibility index (Phi) is 4.01. The first kappa shape index (κ1) is 14.1. The molecule has 0 aliphatic heterocycles. The van der Waals surface area contributed by atoms with Crippen LogP contribution >= 0.6 is 0 Å². The maximum atomic E-state index is 11.3. The molecule has 0 radical (unpaired) electrons. The molecule has 4 nitrogen and oxygen atoms in total. The van der Waals surface area contributed by atoms with Gasteiger partial charge < -0.3 is 4.74 Å². The van der Waals surface area contributed by atoms with Crippen molar-refractivity contribution in [3.8, 4) is 11.3 Å². The molecule has 0 aliphatic rings. The molecule has 0 saturated heterocycles. The molecule has 110 valence electrons. The molecule has 0 amide bonds. The Morgan fingerprint density at radius 3 is 2.82 bits per heavy atom. The van der Waals surface area contributed by atoms with Gasteiger partial charge in [-0.2, -0.15) is 0 Å². The molecule has 0 fully saturated rings. The fraction of sp³-hybridized carbons (Fsp3) is 0.111. The van der Waals surface area contributed by atoms with E-state index in [1.807, 2.05) is 47.0 Å². The smallest absolute Gasteiger partial charge is 0.330 e. The Morgan fingerprint density at radius 2 is 2.05 bits per heavy atom.